The number of epoxide rings is 1. The normalized spacial score (nSPS) is 58.2. The zero-order chi connectivity index (χ0) is 26.2. The van der Waals surface area contributed by atoms with Gasteiger partial charge in [0.15, 0.2) is 12.6 Å². The summed E-state index contributed by atoms with van der Waals surface area (Å²) >= 11 is 0. The van der Waals surface area contributed by atoms with Crippen molar-refractivity contribution in [3.05, 3.63) is 12.3 Å². The van der Waals surface area contributed by atoms with E-state index in [1.54, 1.807) is 6.92 Å². The van der Waals surface area contributed by atoms with Gasteiger partial charge in [0.05, 0.1) is 25.4 Å². The van der Waals surface area contributed by atoms with E-state index in [9.17, 15) is 46.0 Å². The van der Waals surface area contributed by atoms with Crippen LogP contribution in [0.15, 0.2) is 12.3 Å². The quantitative estimate of drug-likeness (QED) is 0.147. The average molecular weight is 524 g/mol. The van der Waals surface area contributed by atoms with Gasteiger partial charge in [-0.1, -0.05) is 0 Å². The lowest BCUT2D eigenvalue weighted by molar-refractivity contribution is -0.371. The first kappa shape index (κ1) is 26.6. The molecule has 0 aromatic rings. The minimum absolute atomic E-state index is 0.675. The van der Waals surface area contributed by atoms with Crippen LogP contribution < -0.4 is 0 Å². The lowest BCUT2D eigenvalue weighted by Crippen LogP contribution is -2.65. The number of aliphatic hydroxyl groups is 9. The Bertz CT molecular complexity index is 840. The maximum Gasteiger partial charge on any atom is 0.210 e. The van der Waals surface area contributed by atoms with Crippen molar-refractivity contribution < 1.29 is 74.4 Å². The summed E-state index contributed by atoms with van der Waals surface area (Å²) in [6.45, 7) is 0.288. The van der Waals surface area contributed by atoms with E-state index in [-0.39, 0.29) is 0 Å². The number of ether oxygens (including phenoxy) is 6. The molecule has 15 heteroatoms. The van der Waals surface area contributed by atoms with Gasteiger partial charge in [0.1, 0.15) is 72.2 Å². The van der Waals surface area contributed by atoms with E-state index in [1.807, 2.05) is 0 Å². The molecule has 1 saturated carbocycles. The maximum absolute atomic E-state index is 11.1. The molecule has 0 radical (unpaired) electrons. The highest BCUT2D eigenvalue weighted by molar-refractivity contribution is 5.32. The van der Waals surface area contributed by atoms with Gasteiger partial charge in [-0.3, -0.25) is 0 Å². The van der Waals surface area contributed by atoms with Gasteiger partial charge in [-0.25, -0.2) is 0 Å². The van der Waals surface area contributed by atoms with E-state index in [1.165, 1.54) is 6.08 Å². The first-order valence-electron chi connectivity index (χ1n) is 11.6. The third-order valence-electron chi connectivity index (χ3n) is 7.84. The summed E-state index contributed by atoms with van der Waals surface area (Å²) in [6.07, 6.45) is -16.7. The van der Waals surface area contributed by atoms with Gasteiger partial charge in [-0.05, 0) is 13.0 Å². The van der Waals surface area contributed by atoms with Gasteiger partial charge < -0.3 is 74.4 Å². The van der Waals surface area contributed by atoms with Crippen molar-refractivity contribution in [1.29, 1.82) is 0 Å². The van der Waals surface area contributed by atoms with Gasteiger partial charge in [0.25, 0.3) is 0 Å². The van der Waals surface area contributed by atoms with Crippen LogP contribution in [0.5, 0.6) is 0 Å². The minimum atomic E-state index is -1.75. The van der Waals surface area contributed by atoms with Crippen LogP contribution in [-0.4, -0.2) is 150 Å². The molecule has 1 aliphatic carbocycles. The van der Waals surface area contributed by atoms with Crippen molar-refractivity contribution in [2.45, 2.75) is 98.0 Å². The lowest BCUT2D eigenvalue weighted by atomic mass is 9.81. The molecule has 4 heterocycles. The fourth-order valence-electron chi connectivity index (χ4n) is 5.69. The van der Waals surface area contributed by atoms with Crippen molar-refractivity contribution in [2.75, 3.05) is 13.2 Å². The zero-order valence-corrected chi connectivity index (χ0v) is 19.1. The Hall–Kier alpha value is -1.02. The van der Waals surface area contributed by atoms with Crippen LogP contribution in [0.4, 0.5) is 0 Å². The monoisotopic (exact) mass is 524 g/mol. The molecule has 0 bridgehead atoms. The Labute approximate surface area is 204 Å². The molecule has 5 aliphatic rings. The Kier molecular flexibility index (Phi) is 6.88. The van der Waals surface area contributed by atoms with Crippen LogP contribution in [0.2, 0.25) is 0 Å². The van der Waals surface area contributed by atoms with Gasteiger partial charge >= 0.3 is 0 Å². The molecule has 15 nitrogen and oxygen atoms in total. The first-order chi connectivity index (χ1) is 17.0. The second kappa shape index (κ2) is 9.32. The number of hydrogen-bond acceptors (Lipinski definition) is 15. The smallest absolute Gasteiger partial charge is 0.210 e. The molecular weight excluding hydrogens is 492 g/mol. The van der Waals surface area contributed by atoms with Gasteiger partial charge in [0.2, 0.25) is 6.29 Å². The third-order valence-corrected chi connectivity index (χ3v) is 7.84. The fraction of sp³-hybridized carbons (Fsp3) is 0.905. The standard InChI is InChI=1S/C21H32O15/c1-20-14-19(34-17-12(28)10(26)8(24)6(4-22)32-17)31-3-2-21(14,15(30)16(20)35-20)36-18-13(29)11(27)9(25)7(5-23)33-18/h2-3,6-19,22-30H,4-5H2,1H3. The Balaban J connectivity index is 1.42. The largest absolute Gasteiger partial charge is 0.472 e. The molecule has 206 valence electrons. The molecule has 0 amide bonds. The maximum atomic E-state index is 11.1. The van der Waals surface area contributed by atoms with Crippen molar-refractivity contribution in [3.63, 3.8) is 0 Å². The highest BCUT2D eigenvalue weighted by Crippen LogP contribution is 2.63. The Morgan fingerprint density at radius 1 is 0.750 bits per heavy atom. The summed E-state index contributed by atoms with van der Waals surface area (Å²) in [7, 11) is 0. The molecule has 5 rings (SSSR count). The van der Waals surface area contributed by atoms with Crippen LogP contribution in [0, 0.1) is 5.92 Å². The van der Waals surface area contributed by atoms with Crippen molar-refractivity contribution in [1.82, 2.24) is 0 Å². The van der Waals surface area contributed by atoms with E-state index < -0.39 is 110 Å². The molecule has 16 unspecified atom stereocenters. The number of hydrogen-bond donors (Lipinski definition) is 9. The van der Waals surface area contributed by atoms with Crippen molar-refractivity contribution in [2.24, 2.45) is 5.92 Å². The predicted molar refractivity (Wildman–Crippen MR) is 109 cm³/mol. The molecular formula is C21H32O15. The summed E-state index contributed by atoms with van der Waals surface area (Å²) in [5, 5.41) is 91.4. The SMILES string of the molecule is CC12OC1C(O)C1(OC3OC(CO)C(O)C(O)C3O)C=COC(OC3OC(CO)C(O)C(O)C3O)C21. The van der Waals surface area contributed by atoms with Crippen LogP contribution in [0.3, 0.4) is 0 Å². The molecule has 0 aromatic carbocycles. The molecule has 9 N–H and O–H groups in total. The van der Waals surface area contributed by atoms with Crippen LogP contribution in [0.25, 0.3) is 0 Å². The topological polar surface area (TPSA) is 241 Å². The predicted octanol–water partition coefficient (Wildman–Crippen LogP) is -5.62. The van der Waals surface area contributed by atoms with Gasteiger partial charge in [-0.2, -0.15) is 0 Å². The van der Waals surface area contributed by atoms with E-state index >= 15 is 0 Å². The number of rotatable bonds is 6. The average Bonchev–Trinajstić information content (AvgIpc) is 3.51. The first-order valence-corrected chi connectivity index (χ1v) is 11.6. The molecule has 16 atom stereocenters. The van der Waals surface area contributed by atoms with E-state index in [4.69, 9.17) is 28.4 Å². The van der Waals surface area contributed by atoms with E-state index in [2.05, 4.69) is 0 Å². The second-order valence-electron chi connectivity index (χ2n) is 9.95. The highest BCUT2D eigenvalue weighted by atomic mass is 16.8. The fourth-order valence-corrected chi connectivity index (χ4v) is 5.69. The Morgan fingerprint density at radius 2 is 1.31 bits per heavy atom. The summed E-state index contributed by atoms with van der Waals surface area (Å²) in [5.41, 5.74) is -2.78. The highest BCUT2D eigenvalue weighted by Gasteiger charge is 2.80. The van der Waals surface area contributed by atoms with E-state index in [0.29, 0.717) is 0 Å². The summed E-state index contributed by atoms with van der Waals surface area (Å²) in [4.78, 5) is 0. The van der Waals surface area contributed by atoms with Gasteiger partial charge in [0, 0.05) is 0 Å². The molecule has 36 heavy (non-hydrogen) atoms. The van der Waals surface area contributed by atoms with Crippen molar-refractivity contribution >= 4 is 0 Å². The summed E-state index contributed by atoms with van der Waals surface area (Å²) in [6, 6.07) is 0. The molecule has 4 fully saturated rings. The summed E-state index contributed by atoms with van der Waals surface area (Å²) < 4.78 is 34.0. The number of aliphatic hydroxyl groups excluding tert-OH is 9. The van der Waals surface area contributed by atoms with Crippen LogP contribution in [0.1, 0.15) is 6.92 Å². The van der Waals surface area contributed by atoms with Crippen LogP contribution in [-0.2, 0) is 28.4 Å². The Morgan fingerprint density at radius 3 is 1.89 bits per heavy atom. The number of fused-ring (bicyclic) bond motifs is 3. The second-order valence-corrected chi connectivity index (χ2v) is 9.95. The molecule has 0 spiro atoms. The lowest BCUT2D eigenvalue weighted by Gasteiger charge is -2.49. The zero-order valence-electron chi connectivity index (χ0n) is 19.1. The van der Waals surface area contributed by atoms with Gasteiger partial charge in [-0.15, -0.1) is 0 Å². The van der Waals surface area contributed by atoms with E-state index in [0.717, 1.165) is 6.26 Å². The third kappa shape index (κ3) is 3.82. The molecule has 4 aliphatic heterocycles. The van der Waals surface area contributed by atoms with Crippen LogP contribution >= 0.6 is 0 Å². The summed E-state index contributed by atoms with van der Waals surface area (Å²) in [5.74, 6) is -0.991. The molecule has 3 saturated heterocycles. The minimum Gasteiger partial charge on any atom is -0.472 e. The van der Waals surface area contributed by atoms with Crippen molar-refractivity contribution in [3.8, 4) is 0 Å². The molecule has 0 aromatic heterocycles.